The lowest BCUT2D eigenvalue weighted by atomic mass is 10.0. The summed E-state index contributed by atoms with van der Waals surface area (Å²) >= 11 is 0. The first-order valence-electron chi connectivity index (χ1n) is 7.28. The largest absolute Gasteiger partial charge is 0.343 e. The van der Waals surface area contributed by atoms with Crippen molar-refractivity contribution >= 4 is 11.8 Å². The van der Waals surface area contributed by atoms with Gasteiger partial charge < -0.3 is 10.2 Å². The van der Waals surface area contributed by atoms with Crippen molar-refractivity contribution in [2.45, 2.75) is 26.2 Å². The summed E-state index contributed by atoms with van der Waals surface area (Å²) in [6.07, 6.45) is 3.29. The van der Waals surface area contributed by atoms with Crippen molar-refractivity contribution in [2.75, 3.05) is 19.6 Å². The monoisotopic (exact) mass is 274 g/mol. The molecule has 2 amide bonds. The van der Waals surface area contributed by atoms with Gasteiger partial charge in [0.15, 0.2) is 0 Å². The van der Waals surface area contributed by atoms with Gasteiger partial charge in [0.1, 0.15) is 0 Å². The van der Waals surface area contributed by atoms with Crippen LogP contribution in [0.3, 0.4) is 0 Å². The molecule has 4 heteroatoms. The van der Waals surface area contributed by atoms with Gasteiger partial charge in [0.05, 0.1) is 6.54 Å². The molecule has 1 aromatic rings. The van der Waals surface area contributed by atoms with E-state index in [1.54, 1.807) is 12.1 Å². The fourth-order valence-corrected chi connectivity index (χ4v) is 2.47. The highest BCUT2D eigenvalue weighted by Crippen LogP contribution is 2.16. The van der Waals surface area contributed by atoms with E-state index in [-0.39, 0.29) is 18.4 Å². The number of carbonyl (C=O) groups is 2. The summed E-state index contributed by atoms with van der Waals surface area (Å²) in [6.45, 7) is 3.93. The van der Waals surface area contributed by atoms with E-state index in [4.69, 9.17) is 0 Å². The number of rotatable bonds is 3. The molecule has 108 valence electrons. The van der Waals surface area contributed by atoms with Gasteiger partial charge in [-0.2, -0.15) is 0 Å². The summed E-state index contributed by atoms with van der Waals surface area (Å²) in [6, 6.07) is 8.97. The SMILES string of the molecule is CC1CCCN(C(=O)CNC(=O)c2ccccc2)CC1. The molecular weight excluding hydrogens is 252 g/mol. The van der Waals surface area contributed by atoms with E-state index in [2.05, 4.69) is 12.2 Å². The van der Waals surface area contributed by atoms with Crippen LogP contribution in [0, 0.1) is 5.92 Å². The molecule has 0 radical (unpaired) electrons. The van der Waals surface area contributed by atoms with Crippen molar-refractivity contribution in [1.82, 2.24) is 10.2 Å². The smallest absolute Gasteiger partial charge is 0.251 e. The summed E-state index contributed by atoms with van der Waals surface area (Å²) in [5.41, 5.74) is 0.588. The van der Waals surface area contributed by atoms with Crippen molar-refractivity contribution in [3.8, 4) is 0 Å². The number of nitrogens with one attached hydrogen (secondary N) is 1. The molecule has 1 unspecified atom stereocenters. The topological polar surface area (TPSA) is 49.4 Å². The van der Waals surface area contributed by atoms with Gasteiger partial charge in [0, 0.05) is 18.7 Å². The Balaban J connectivity index is 1.81. The van der Waals surface area contributed by atoms with E-state index in [0.29, 0.717) is 11.5 Å². The third kappa shape index (κ3) is 4.08. The minimum Gasteiger partial charge on any atom is -0.343 e. The Labute approximate surface area is 120 Å². The van der Waals surface area contributed by atoms with Crippen molar-refractivity contribution in [2.24, 2.45) is 5.92 Å². The number of carbonyl (C=O) groups excluding carboxylic acids is 2. The van der Waals surface area contributed by atoms with Crippen molar-refractivity contribution < 1.29 is 9.59 Å². The molecule has 1 aliphatic heterocycles. The molecular formula is C16H22N2O2. The molecule has 1 atom stereocenters. The van der Waals surface area contributed by atoms with Crippen LogP contribution < -0.4 is 5.32 Å². The van der Waals surface area contributed by atoms with E-state index in [0.717, 1.165) is 25.9 Å². The molecule has 1 saturated heterocycles. The van der Waals surface area contributed by atoms with E-state index in [1.165, 1.54) is 6.42 Å². The summed E-state index contributed by atoms with van der Waals surface area (Å²) in [5, 5.41) is 2.70. The van der Waals surface area contributed by atoms with Crippen molar-refractivity contribution in [3.05, 3.63) is 35.9 Å². The maximum Gasteiger partial charge on any atom is 0.251 e. The lowest BCUT2D eigenvalue weighted by molar-refractivity contribution is -0.130. The number of nitrogens with zero attached hydrogens (tertiary/aromatic N) is 1. The van der Waals surface area contributed by atoms with Crippen molar-refractivity contribution in [3.63, 3.8) is 0 Å². The minimum atomic E-state index is -0.192. The van der Waals surface area contributed by atoms with E-state index in [9.17, 15) is 9.59 Å². The summed E-state index contributed by atoms with van der Waals surface area (Å²) in [5.74, 6) is 0.511. The Kier molecular flexibility index (Phi) is 5.16. The second-order valence-corrected chi connectivity index (χ2v) is 5.47. The van der Waals surface area contributed by atoms with E-state index >= 15 is 0 Å². The van der Waals surface area contributed by atoms with Crippen LogP contribution >= 0.6 is 0 Å². The first kappa shape index (κ1) is 14.6. The van der Waals surface area contributed by atoms with Gasteiger partial charge in [-0.05, 0) is 37.3 Å². The van der Waals surface area contributed by atoms with Gasteiger partial charge in [0.25, 0.3) is 5.91 Å². The lowest BCUT2D eigenvalue weighted by Gasteiger charge is -2.20. The number of amides is 2. The Bertz CT molecular complexity index is 459. The normalized spacial score (nSPS) is 19.2. The molecule has 1 N–H and O–H groups in total. The lowest BCUT2D eigenvalue weighted by Crippen LogP contribution is -2.40. The quantitative estimate of drug-likeness (QED) is 0.917. The standard InChI is InChI=1S/C16H22N2O2/c1-13-6-5-10-18(11-9-13)15(19)12-17-16(20)14-7-3-2-4-8-14/h2-4,7-8,13H,5-6,9-12H2,1H3,(H,17,20). The number of benzene rings is 1. The molecule has 0 bridgehead atoms. The van der Waals surface area contributed by atoms with Gasteiger partial charge in [0.2, 0.25) is 5.91 Å². The van der Waals surface area contributed by atoms with Gasteiger partial charge in [-0.25, -0.2) is 0 Å². The van der Waals surface area contributed by atoms with Gasteiger partial charge in [-0.1, -0.05) is 25.1 Å². The average Bonchev–Trinajstić information content (AvgIpc) is 2.70. The molecule has 0 aromatic heterocycles. The highest BCUT2D eigenvalue weighted by molar-refractivity contribution is 5.96. The molecule has 0 aliphatic carbocycles. The highest BCUT2D eigenvalue weighted by Gasteiger charge is 2.18. The van der Waals surface area contributed by atoms with Gasteiger partial charge in [-0.15, -0.1) is 0 Å². The Hall–Kier alpha value is -1.84. The molecule has 1 heterocycles. The zero-order chi connectivity index (χ0) is 14.4. The van der Waals surface area contributed by atoms with Crippen molar-refractivity contribution in [1.29, 1.82) is 0 Å². The van der Waals surface area contributed by atoms with E-state index in [1.807, 2.05) is 23.1 Å². The maximum atomic E-state index is 12.1. The van der Waals surface area contributed by atoms with Crippen LogP contribution in [0.2, 0.25) is 0 Å². The molecule has 1 fully saturated rings. The average molecular weight is 274 g/mol. The molecule has 1 aromatic carbocycles. The van der Waals surface area contributed by atoms with Crippen LogP contribution in [0.5, 0.6) is 0 Å². The molecule has 4 nitrogen and oxygen atoms in total. The number of hydrogen-bond acceptors (Lipinski definition) is 2. The highest BCUT2D eigenvalue weighted by atomic mass is 16.2. The zero-order valence-corrected chi connectivity index (χ0v) is 12.0. The molecule has 20 heavy (non-hydrogen) atoms. The van der Waals surface area contributed by atoms with Crippen LogP contribution in [-0.4, -0.2) is 36.3 Å². The summed E-state index contributed by atoms with van der Waals surface area (Å²) in [7, 11) is 0. The summed E-state index contributed by atoms with van der Waals surface area (Å²) in [4.78, 5) is 25.8. The van der Waals surface area contributed by atoms with Crippen LogP contribution in [0.4, 0.5) is 0 Å². The Morgan fingerprint density at radius 1 is 1.20 bits per heavy atom. The molecule has 2 rings (SSSR count). The number of likely N-dealkylation sites (tertiary alicyclic amines) is 1. The third-order valence-electron chi connectivity index (χ3n) is 3.81. The predicted molar refractivity (Wildman–Crippen MR) is 78.4 cm³/mol. The maximum absolute atomic E-state index is 12.1. The Morgan fingerprint density at radius 2 is 1.95 bits per heavy atom. The fraction of sp³-hybridized carbons (Fsp3) is 0.500. The van der Waals surface area contributed by atoms with Crippen LogP contribution in [-0.2, 0) is 4.79 Å². The molecule has 0 spiro atoms. The van der Waals surface area contributed by atoms with E-state index < -0.39 is 0 Å². The predicted octanol–water partition coefficient (Wildman–Crippen LogP) is 2.06. The van der Waals surface area contributed by atoms with Gasteiger partial charge >= 0.3 is 0 Å². The third-order valence-corrected chi connectivity index (χ3v) is 3.81. The first-order chi connectivity index (χ1) is 9.66. The fourth-order valence-electron chi connectivity index (χ4n) is 2.47. The molecule has 0 saturated carbocycles. The summed E-state index contributed by atoms with van der Waals surface area (Å²) < 4.78 is 0. The zero-order valence-electron chi connectivity index (χ0n) is 12.0. The second-order valence-electron chi connectivity index (χ2n) is 5.47. The van der Waals surface area contributed by atoms with Crippen LogP contribution in [0.1, 0.15) is 36.5 Å². The number of hydrogen-bond donors (Lipinski definition) is 1. The molecule has 1 aliphatic rings. The second kappa shape index (κ2) is 7.08. The Morgan fingerprint density at radius 3 is 2.70 bits per heavy atom. The van der Waals surface area contributed by atoms with Crippen LogP contribution in [0.25, 0.3) is 0 Å². The minimum absolute atomic E-state index is 0.0170. The van der Waals surface area contributed by atoms with Crippen LogP contribution in [0.15, 0.2) is 30.3 Å². The first-order valence-corrected chi connectivity index (χ1v) is 7.28. The van der Waals surface area contributed by atoms with Gasteiger partial charge in [-0.3, -0.25) is 9.59 Å².